The molecule has 1 heterocycles. The summed E-state index contributed by atoms with van der Waals surface area (Å²) in [7, 11) is 0. The highest BCUT2D eigenvalue weighted by atomic mass is 79.9. The van der Waals surface area contributed by atoms with Crippen LogP contribution in [0.25, 0.3) is 6.08 Å². The number of thiazole rings is 1. The third-order valence-corrected chi connectivity index (χ3v) is 3.60. The van der Waals surface area contributed by atoms with Crippen LogP contribution in [0.5, 0.6) is 0 Å². The van der Waals surface area contributed by atoms with Crippen LogP contribution in [0.1, 0.15) is 11.3 Å². The van der Waals surface area contributed by atoms with Gasteiger partial charge in [-0.3, -0.25) is 5.32 Å². The number of amides is 2. The van der Waals surface area contributed by atoms with Crippen molar-refractivity contribution in [3.8, 4) is 0 Å². The van der Waals surface area contributed by atoms with Crippen LogP contribution >= 0.6 is 27.3 Å². The van der Waals surface area contributed by atoms with Gasteiger partial charge in [-0.15, -0.1) is 11.3 Å². The molecular weight excluding hydrogens is 326 g/mol. The minimum atomic E-state index is -0.303. The fourth-order valence-corrected chi connectivity index (χ4v) is 2.28. The molecule has 1 aromatic heterocycles. The number of aromatic nitrogens is 1. The number of anilines is 1. The number of benzene rings is 1. The van der Waals surface area contributed by atoms with Crippen LogP contribution in [-0.4, -0.2) is 11.0 Å². The Morgan fingerprint density at radius 3 is 2.74 bits per heavy atom. The van der Waals surface area contributed by atoms with Gasteiger partial charge < -0.3 is 5.32 Å². The van der Waals surface area contributed by atoms with Gasteiger partial charge in [0, 0.05) is 16.1 Å². The SMILES string of the molecule is Cc1csc(NC(=O)N/C=C/c2ccc(Br)cc2)n1. The van der Waals surface area contributed by atoms with Crippen molar-refractivity contribution in [1.82, 2.24) is 10.3 Å². The van der Waals surface area contributed by atoms with Gasteiger partial charge in [0.15, 0.2) is 5.13 Å². The van der Waals surface area contributed by atoms with Gasteiger partial charge in [-0.25, -0.2) is 9.78 Å². The Labute approximate surface area is 123 Å². The predicted octanol–water partition coefficient (Wildman–Crippen LogP) is 4.01. The average molecular weight is 338 g/mol. The third kappa shape index (κ3) is 4.50. The van der Waals surface area contributed by atoms with E-state index in [4.69, 9.17) is 0 Å². The van der Waals surface area contributed by atoms with E-state index < -0.39 is 0 Å². The van der Waals surface area contributed by atoms with E-state index in [0.29, 0.717) is 5.13 Å². The Morgan fingerprint density at radius 1 is 1.37 bits per heavy atom. The molecule has 0 aliphatic heterocycles. The van der Waals surface area contributed by atoms with Crippen molar-refractivity contribution in [2.24, 2.45) is 0 Å². The summed E-state index contributed by atoms with van der Waals surface area (Å²) in [5.41, 5.74) is 1.90. The number of aryl methyl sites for hydroxylation is 1. The van der Waals surface area contributed by atoms with Crippen LogP contribution in [0.2, 0.25) is 0 Å². The Morgan fingerprint density at radius 2 is 2.11 bits per heavy atom. The van der Waals surface area contributed by atoms with E-state index in [-0.39, 0.29) is 6.03 Å². The minimum absolute atomic E-state index is 0.303. The lowest BCUT2D eigenvalue weighted by atomic mass is 10.2. The maximum absolute atomic E-state index is 11.6. The molecule has 0 saturated heterocycles. The normalized spacial score (nSPS) is 10.6. The van der Waals surface area contributed by atoms with Gasteiger partial charge in [-0.1, -0.05) is 28.1 Å². The molecule has 0 bridgehead atoms. The fourth-order valence-electron chi connectivity index (χ4n) is 1.33. The van der Waals surface area contributed by atoms with E-state index in [1.165, 1.54) is 11.3 Å². The Kier molecular flexibility index (Phi) is 4.70. The summed E-state index contributed by atoms with van der Waals surface area (Å²) in [6.45, 7) is 1.88. The van der Waals surface area contributed by atoms with E-state index >= 15 is 0 Å². The van der Waals surface area contributed by atoms with Crippen molar-refractivity contribution in [1.29, 1.82) is 0 Å². The van der Waals surface area contributed by atoms with Crippen molar-refractivity contribution >= 4 is 44.5 Å². The van der Waals surface area contributed by atoms with Gasteiger partial charge in [0.05, 0.1) is 5.69 Å². The first kappa shape index (κ1) is 13.8. The number of carbonyl (C=O) groups excluding carboxylic acids is 1. The summed E-state index contributed by atoms with van der Waals surface area (Å²) in [5.74, 6) is 0. The number of hydrogen-bond acceptors (Lipinski definition) is 3. The van der Waals surface area contributed by atoms with Crippen molar-refractivity contribution in [3.05, 3.63) is 51.6 Å². The Balaban J connectivity index is 1.84. The van der Waals surface area contributed by atoms with E-state index in [1.54, 1.807) is 6.20 Å². The quantitative estimate of drug-likeness (QED) is 0.889. The van der Waals surface area contributed by atoms with E-state index in [2.05, 4.69) is 31.5 Å². The van der Waals surface area contributed by atoms with Crippen molar-refractivity contribution in [3.63, 3.8) is 0 Å². The molecule has 0 unspecified atom stereocenters. The number of rotatable bonds is 3. The van der Waals surface area contributed by atoms with Crippen molar-refractivity contribution in [2.75, 3.05) is 5.32 Å². The van der Waals surface area contributed by atoms with Gasteiger partial charge in [0.1, 0.15) is 0 Å². The summed E-state index contributed by atoms with van der Waals surface area (Å²) in [6.07, 6.45) is 3.41. The molecule has 6 heteroatoms. The number of nitrogens with zero attached hydrogens (tertiary/aromatic N) is 1. The molecule has 2 aromatic rings. The Hall–Kier alpha value is -1.66. The number of nitrogens with one attached hydrogen (secondary N) is 2. The average Bonchev–Trinajstić information content (AvgIpc) is 2.77. The highest BCUT2D eigenvalue weighted by Gasteiger charge is 2.02. The number of halogens is 1. The van der Waals surface area contributed by atoms with Gasteiger partial charge in [0.2, 0.25) is 0 Å². The molecule has 19 heavy (non-hydrogen) atoms. The van der Waals surface area contributed by atoms with Crippen molar-refractivity contribution < 1.29 is 4.79 Å². The van der Waals surface area contributed by atoms with E-state index in [1.807, 2.05) is 42.6 Å². The lowest BCUT2D eigenvalue weighted by molar-refractivity contribution is 0.255. The van der Waals surface area contributed by atoms with Crippen LogP contribution in [0.3, 0.4) is 0 Å². The largest absolute Gasteiger partial charge is 0.325 e. The Bertz CT molecular complexity index is 592. The predicted molar refractivity (Wildman–Crippen MR) is 82.2 cm³/mol. The standard InChI is InChI=1S/C13H12BrN3OS/c1-9-8-19-13(16-9)17-12(18)15-7-6-10-2-4-11(14)5-3-10/h2-8H,1H3,(H2,15,16,17,18)/b7-6+. The number of hydrogen-bond donors (Lipinski definition) is 2. The zero-order chi connectivity index (χ0) is 13.7. The molecule has 98 valence electrons. The zero-order valence-electron chi connectivity index (χ0n) is 10.2. The number of carbonyl (C=O) groups is 1. The highest BCUT2D eigenvalue weighted by Crippen LogP contribution is 2.14. The second kappa shape index (κ2) is 6.49. The summed E-state index contributed by atoms with van der Waals surface area (Å²) >= 11 is 4.76. The van der Waals surface area contributed by atoms with Crippen LogP contribution in [0, 0.1) is 6.92 Å². The summed E-state index contributed by atoms with van der Waals surface area (Å²) in [6, 6.07) is 7.48. The molecule has 2 N–H and O–H groups in total. The second-order valence-electron chi connectivity index (χ2n) is 3.78. The zero-order valence-corrected chi connectivity index (χ0v) is 12.6. The van der Waals surface area contributed by atoms with Crippen LogP contribution in [0.4, 0.5) is 9.93 Å². The molecule has 2 rings (SSSR count). The second-order valence-corrected chi connectivity index (χ2v) is 5.55. The minimum Gasteiger partial charge on any atom is -0.314 e. The highest BCUT2D eigenvalue weighted by molar-refractivity contribution is 9.10. The van der Waals surface area contributed by atoms with E-state index in [0.717, 1.165) is 15.7 Å². The lowest BCUT2D eigenvalue weighted by Crippen LogP contribution is -2.23. The van der Waals surface area contributed by atoms with Crippen LogP contribution in [0.15, 0.2) is 40.3 Å². The first-order chi connectivity index (χ1) is 9.13. The third-order valence-electron chi connectivity index (χ3n) is 2.20. The smallest absolute Gasteiger partial charge is 0.314 e. The summed E-state index contributed by atoms with van der Waals surface area (Å²) < 4.78 is 1.02. The molecule has 0 spiro atoms. The molecule has 4 nitrogen and oxygen atoms in total. The van der Waals surface area contributed by atoms with E-state index in [9.17, 15) is 4.79 Å². The van der Waals surface area contributed by atoms with Gasteiger partial charge in [-0.05, 0) is 30.7 Å². The molecule has 0 atom stereocenters. The molecule has 0 aliphatic carbocycles. The fraction of sp³-hybridized carbons (Fsp3) is 0.0769. The molecule has 2 amide bonds. The lowest BCUT2D eigenvalue weighted by Gasteiger charge is -2.00. The maximum Gasteiger partial charge on any atom is 0.325 e. The molecular formula is C13H12BrN3OS. The first-order valence-electron chi connectivity index (χ1n) is 5.55. The van der Waals surface area contributed by atoms with Crippen molar-refractivity contribution in [2.45, 2.75) is 6.92 Å². The molecule has 0 saturated carbocycles. The topological polar surface area (TPSA) is 54.0 Å². The van der Waals surface area contributed by atoms with Gasteiger partial charge in [0.25, 0.3) is 0 Å². The first-order valence-corrected chi connectivity index (χ1v) is 7.22. The summed E-state index contributed by atoms with van der Waals surface area (Å²) in [5, 5.41) is 7.76. The molecule has 1 aromatic carbocycles. The van der Waals surface area contributed by atoms with Gasteiger partial charge >= 0.3 is 6.03 Å². The monoisotopic (exact) mass is 337 g/mol. The van der Waals surface area contributed by atoms with Gasteiger partial charge in [-0.2, -0.15) is 0 Å². The summed E-state index contributed by atoms with van der Waals surface area (Å²) in [4.78, 5) is 15.7. The molecule has 0 fully saturated rings. The maximum atomic E-state index is 11.6. The molecule has 0 aliphatic rings. The molecule has 0 radical (unpaired) electrons. The van der Waals surface area contributed by atoms with Crippen LogP contribution < -0.4 is 10.6 Å². The number of urea groups is 1. The van der Waals surface area contributed by atoms with Crippen LogP contribution in [-0.2, 0) is 0 Å².